The fourth-order valence-corrected chi connectivity index (χ4v) is 4.76. The highest BCUT2D eigenvalue weighted by Crippen LogP contribution is 2.36. The SMILES string of the molecule is O=C1NC(=O)N(C2CCCC2)C(=O)/C1=C/c1cc(Br)c(Sc2ccccc2)o1. The second kappa shape index (κ2) is 7.97. The first-order valence-electron chi connectivity index (χ1n) is 8.96. The molecule has 1 aliphatic carbocycles. The van der Waals surface area contributed by atoms with E-state index < -0.39 is 17.8 Å². The van der Waals surface area contributed by atoms with Gasteiger partial charge in [-0.25, -0.2) is 4.79 Å². The molecule has 2 aliphatic rings. The lowest BCUT2D eigenvalue weighted by Gasteiger charge is -2.30. The summed E-state index contributed by atoms with van der Waals surface area (Å²) < 4.78 is 6.53. The van der Waals surface area contributed by atoms with E-state index in [1.54, 1.807) is 6.07 Å². The van der Waals surface area contributed by atoms with Gasteiger partial charge in [-0.05, 0) is 53.0 Å². The topological polar surface area (TPSA) is 79.6 Å². The molecule has 2 heterocycles. The van der Waals surface area contributed by atoms with Crippen molar-refractivity contribution < 1.29 is 18.8 Å². The average Bonchev–Trinajstić information content (AvgIpc) is 3.30. The normalized spacial score (nSPS) is 19.5. The number of rotatable bonds is 4. The Labute approximate surface area is 174 Å². The van der Waals surface area contributed by atoms with Gasteiger partial charge >= 0.3 is 6.03 Å². The quantitative estimate of drug-likeness (QED) is 0.532. The number of nitrogens with one attached hydrogen (secondary N) is 1. The van der Waals surface area contributed by atoms with Crippen molar-refractivity contribution in [3.05, 3.63) is 52.2 Å². The molecule has 2 aromatic rings. The standard InChI is InChI=1S/C20H17BrN2O4S/c21-16-11-13(27-19(16)28-14-8-2-1-3-9-14)10-15-17(24)22-20(26)23(18(15)25)12-6-4-5-7-12/h1-3,8-12H,4-7H2,(H,22,24,26)/b15-10+. The van der Waals surface area contributed by atoms with Crippen LogP contribution in [0.3, 0.4) is 0 Å². The van der Waals surface area contributed by atoms with Crippen LogP contribution in [0.1, 0.15) is 31.4 Å². The van der Waals surface area contributed by atoms with Crippen LogP contribution in [0, 0.1) is 0 Å². The van der Waals surface area contributed by atoms with E-state index in [9.17, 15) is 14.4 Å². The third-order valence-electron chi connectivity index (χ3n) is 4.74. The number of amides is 4. The summed E-state index contributed by atoms with van der Waals surface area (Å²) >= 11 is 4.88. The molecule has 0 bridgehead atoms. The zero-order valence-corrected chi connectivity index (χ0v) is 17.2. The van der Waals surface area contributed by atoms with Crippen molar-refractivity contribution in [1.29, 1.82) is 0 Å². The second-order valence-electron chi connectivity index (χ2n) is 6.63. The number of hydrogen-bond acceptors (Lipinski definition) is 5. The van der Waals surface area contributed by atoms with E-state index in [1.807, 2.05) is 30.3 Å². The Hall–Kier alpha value is -2.32. The Bertz CT molecular complexity index is 964. The maximum absolute atomic E-state index is 12.8. The lowest BCUT2D eigenvalue weighted by atomic mass is 10.1. The van der Waals surface area contributed by atoms with Gasteiger partial charge in [0.25, 0.3) is 11.8 Å². The van der Waals surface area contributed by atoms with Crippen molar-refractivity contribution in [2.75, 3.05) is 0 Å². The van der Waals surface area contributed by atoms with Crippen molar-refractivity contribution in [2.45, 2.75) is 41.7 Å². The molecule has 4 amide bonds. The van der Waals surface area contributed by atoms with E-state index in [2.05, 4.69) is 21.2 Å². The van der Waals surface area contributed by atoms with E-state index >= 15 is 0 Å². The predicted molar refractivity (Wildman–Crippen MR) is 108 cm³/mol. The summed E-state index contributed by atoms with van der Waals surface area (Å²) in [6.07, 6.45) is 4.88. The molecule has 0 unspecified atom stereocenters. The van der Waals surface area contributed by atoms with Crippen molar-refractivity contribution in [3.63, 3.8) is 0 Å². The zero-order chi connectivity index (χ0) is 19.7. The number of nitrogens with zero attached hydrogens (tertiary/aromatic N) is 1. The van der Waals surface area contributed by atoms with Gasteiger partial charge in [-0.15, -0.1) is 0 Å². The lowest BCUT2D eigenvalue weighted by molar-refractivity contribution is -0.131. The molecule has 0 atom stereocenters. The number of furan rings is 1. The van der Waals surface area contributed by atoms with Gasteiger partial charge in [-0.2, -0.15) is 0 Å². The Kier molecular flexibility index (Phi) is 5.41. The molecule has 8 heteroatoms. The molecular formula is C20H17BrN2O4S. The minimum absolute atomic E-state index is 0.0935. The van der Waals surface area contributed by atoms with E-state index in [0.29, 0.717) is 10.9 Å². The fourth-order valence-electron chi connectivity index (χ4n) is 3.41. The molecule has 0 radical (unpaired) electrons. The van der Waals surface area contributed by atoms with Crippen LogP contribution in [0.5, 0.6) is 0 Å². The van der Waals surface area contributed by atoms with Crippen LogP contribution in [0.15, 0.2) is 60.8 Å². The van der Waals surface area contributed by atoms with Crippen molar-refractivity contribution in [2.24, 2.45) is 0 Å². The first-order chi connectivity index (χ1) is 13.5. The van der Waals surface area contributed by atoms with Gasteiger partial charge in [0.05, 0.1) is 4.47 Å². The van der Waals surface area contributed by atoms with E-state index in [4.69, 9.17) is 4.42 Å². The van der Waals surface area contributed by atoms with Crippen LogP contribution < -0.4 is 5.32 Å². The summed E-state index contributed by atoms with van der Waals surface area (Å²) in [6.45, 7) is 0. The molecule has 4 rings (SSSR count). The fraction of sp³-hybridized carbons (Fsp3) is 0.250. The van der Waals surface area contributed by atoms with Gasteiger partial charge in [0.2, 0.25) is 0 Å². The third kappa shape index (κ3) is 3.79. The number of barbiturate groups is 1. The smallest absolute Gasteiger partial charge is 0.331 e. The van der Waals surface area contributed by atoms with Crippen molar-refractivity contribution in [1.82, 2.24) is 10.2 Å². The first kappa shape index (κ1) is 19.0. The van der Waals surface area contributed by atoms with Crippen LogP contribution in [0.25, 0.3) is 6.08 Å². The molecule has 1 aromatic carbocycles. The highest BCUT2D eigenvalue weighted by Gasteiger charge is 2.40. The minimum Gasteiger partial charge on any atom is -0.449 e. The summed E-state index contributed by atoms with van der Waals surface area (Å²) in [7, 11) is 0. The highest BCUT2D eigenvalue weighted by atomic mass is 79.9. The van der Waals surface area contributed by atoms with Gasteiger partial charge in [-0.3, -0.25) is 19.8 Å². The molecule has 1 aliphatic heterocycles. The maximum atomic E-state index is 12.8. The van der Waals surface area contributed by atoms with Crippen LogP contribution in [0.2, 0.25) is 0 Å². The molecule has 144 valence electrons. The van der Waals surface area contributed by atoms with Gasteiger partial charge in [-0.1, -0.05) is 42.8 Å². The number of hydrogen-bond donors (Lipinski definition) is 1. The Morgan fingerprint density at radius 1 is 1.14 bits per heavy atom. The summed E-state index contributed by atoms with van der Waals surface area (Å²) in [6, 6.07) is 10.6. The molecule has 1 saturated carbocycles. The van der Waals surface area contributed by atoms with Crippen LogP contribution >= 0.6 is 27.7 Å². The molecule has 1 saturated heterocycles. The number of imide groups is 2. The zero-order valence-electron chi connectivity index (χ0n) is 14.8. The van der Waals surface area contributed by atoms with E-state index in [-0.39, 0.29) is 11.6 Å². The molecule has 2 fully saturated rings. The maximum Gasteiger partial charge on any atom is 0.331 e. The summed E-state index contributed by atoms with van der Waals surface area (Å²) in [5.41, 5.74) is -0.0935. The Morgan fingerprint density at radius 2 is 1.86 bits per heavy atom. The largest absolute Gasteiger partial charge is 0.449 e. The van der Waals surface area contributed by atoms with Gasteiger partial charge < -0.3 is 4.42 Å². The van der Waals surface area contributed by atoms with Crippen LogP contribution in [0.4, 0.5) is 4.79 Å². The third-order valence-corrected chi connectivity index (χ3v) is 6.59. The van der Waals surface area contributed by atoms with Gasteiger partial charge in [0.15, 0.2) is 5.09 Å². The molecule has 0 spiro atoms. The summed E-state index contributed by atoms with van der Waals surface area (Å²) in [5, 5.41) is 2.88. The van der Waals surface area contributed by atoms with Crippen molar-refractivity contribution >= 4 is 51.6 Å². The number of carbonyl (C=O) groups excluding carboxylic acids is 3. The monoisotopic (exact) mass is 460 g/mol. The summed E-state index contributed by atoms with van der Waals surface area (Å²) in [4.78, 5) is 39.4. The Morgan fingerprint density at radius 3 is 2.57 bits per heavy atom. The van der Waals surface area contributed by atoms with E-state index in [0.717, 1.165) is 35.1 Å². The van der Waals surface area contributed by atoms with Crippen molar-refractivity contribution in [3.8, 4) is 0 Å². The highest BCUT2D eigenvalue weighted by molar-refractivity contribution is 9.10. The number of halogens is 1. The molecule has 6 nitrogen and oxygen atoms in total. The van der Waals surface area contributed by atoms with Gasteiger partial charge in [0, 0.05) is 10.9 Å². The molecular weight excluding hydrogens is 444 g/mol. The molecule has 28 heavy (non-hydrogen) atoms. The molecule has 1 aromatic heterocycles. The lowest BCUT2D eigenvalue weighted by Crippen LogP contribution is -2.57. The van der Waals surface area contributed by atoms with Crippen LogP contribution in [-0.2, 0) is 9.59 Å². The number of benzene rings is 1. The number of urea groups is 1. The first-order valence-corrected chi connectivity index (χ1v) is 10.6. The predicted octanol–water partition coefficient (Wildman–Crippen LogP) is 4.60. The minimum atomic E-state index is -0.700. The van der Waals surface area contributed by atoms with Gasteiger partial charge in [0.1, 0.15) is 11.3 Å². The average molecular weight is 461 g/mol. The van der Waals surface area contributed by atoms with Crippen LogP contribution in [-0.4, -0.2) is 28.8 Å². The molecule has 1 N–H and O–H groups in total. The summed E-state index contributed by atoms with van der Waals surface area (Å²) in [5.74, 6) is -0.899. The van der Waals surface area contributed by atoms with E-state index in [1.165, 1.54) is 22.7 Å². The Balaban J connectivity index is 1.60. The number of carbonyl (C=O) groups is 3. The second-order valence-corrected chi connectivity index (χ2v) is 8.53.